The number of hydrogen-bond acceptors (Lipinski definition) is 4. The summed E-state index contributed by atoms with van der Waals surface area (Å²) < 4.78 is 14.4. The molecular weight excluding hydrogens is 408 g/mol. The Hall–Kier alpha value is -3.22. The average Bonchev–Trinajstić information content (AvgIpc) is 2.75. The van der Waals surface area contributed by atoms with E-state index in [0.29, 0.717) is 21.2 Å². The van der Waals surface area contributed by atoms with Crippen LogP contribution in [0.5, 0.6) is 5.88 Å². The van der Waals surface area contributed by atoms with E-state index in [4.69, 9.17) is 11.6 Å². The summed E-state index contributed by atoms with van der Waals surface area (Å²) in [6, 6.07) is 24.2. The molecule has 1 heterocycles. The van der Waals surface area contributed by atoms with Crippen LogP contribution in [0.3, 0.4) is 0 Å². The number of nitrogens with zero attached hydrogens (tertiary/aromatic N) is 2. The molecule has 0 aliphatic heterocycles. The average molecular weight is 423 g/mol. The van der Waals surface area contributed by atoms with Gasteiger partial charge in [-0.25, -0.2) is 4.21 Å². The second-order valence-corrected chi connectivity index (χ2v) is 8.01. The maximum absolute atomic E-state index is 13.4. The van der Waals surface area contributed by atoms with Crippen molar-refractivity contribution in [1.82, 2.24) is 9.55 Å². The number of hydrogen-bond donors (Lipinski definition) is 1. The van der Waals surface area contributed by atoms with E-state index in [1.165, 1.54) is 4.57 Å². The van der Waals surface area contributed by atoms with Crippen molar-refractivity contribution in [2.45, 2.75) is 9.79 Å². The predicted molar refractivity (Wildman–Crippen MR) is 113 cm³/mol. The van der Waals surface area contributed by atoms with Gasteiger partial charge in [-0.3, -0.25) is 9.36 Å². The highest BCUT2D eigenvalue weighted by Gasteiger charge is 2.24. The van der Waals surface area contributed by atoms with E-state index in [-0.39, 0.29) is 10.7 Å². The van der Waals surface area contributed by atoms with Gasteiger partial charge in [0.05, 0.1) is 16.5 Å². The molecule has 7 heteroatoms. The quantitative estimate of drug-likeness (QED) is 0.528. The first-order valence-corrected chi connectivity index (χ1v) is 10.2. The molecular formula is C22H15ClN2O3S. The zero-order valence-electron chi connectivity index (χ0n) is 15.0. The molecule has 29 heavy (non-hydrogen) atoms. The summed E-state index contributed by atoms with van der Waals surface area (Å²) in [7, 11) is -1.93. The first-order chi connectivity index (χ1) is 14.1. The Morgan fingerprint density at radius 3 is 2.07 bits per heavy atom. The fourth-order valence-corrected chi connectivity index (χ4v) is 4.14. The minimum absolute atomic E-state index is 0.260. The summed E-state index contributed by atoms with van der Waals surface area (Å²) in [5.41, 5.74) is 0.599. The Balaban J connectivity index is 1.99. The van der Waals surface area contributed by atoms with Crippen molar-refractivity contribution in [3.05, 3.63) is 100 Å². The second kappa shape index (κ2) is 8.03. The molecule has 5 nitrogen and oxygen atoms in total. The number of benzene rings is 3. The largest absolute Gasteiger partial charge is 0.492 e. The van der Waals surface area contributed by atoms with Gasteiger partial charge in [-0.15, -0.1) is 0 Å². The maximum Gasteiger partial charge on any atom is 0.278 e. The van der Waals surface area contributed by atoms with Crippen LogP contribution in [0, 0.1) is 0 Å². The summed E-state index contributed by atoms with van der Waals surface area (Å²) in [4.78, 5) is 17.7. The van der Waals surface area contributed by atoms with Crippen LogP contribution in [0.15, 0.2) is 99.5 Å². The normalized spacial score (nSPS) is 11.9. The van der Waals surface area contributed by atoms with Gasteiger partial charge in [0, 0.05) is 15.5 Å². The fourth-order valence-electron chi connectivity index (χ4n) is 2.93. The molecule has 4 aromatic rings. The van der Waals surface area contributed by atoms with Crippen molar-refractivity contribution in [3.63, 3.8) is 0 Å². The molecule has 0 saturated carbocycles. The second-order valence-electron chi connectivity index (χ2n) is 6.15. The number of para-hydroxylation sites is 1. The van der Waals surface area contributed by atoms with Crippen molar-refractivity contribution >= 4 is 22.4 Å². The maximum atomic E-state index is 13.4. The summed E-state index contributed by atoms with van der Waals surface area (Å²) in [5, 5.41) is 11.0. The molecule has 0 amide bonds. The third kappa shape index (κ3) is 3.72. The molecule has 0 aliphatic rings. The third-order valence-electron chi connectivity index (χ3n) is 4.28. The molecule has 1 N–H and O–H groups in total. The van der Waals surface area contributed by atoms with Crippen molar-refractivity contribution in [1.29, 1.82) is 0 Å². The monoisotopic (exact) mass is 422 g/mol. The SMILES string of the molecule is O=c1c(S(=O)c2ccc(Cl)cc2)c(O)nc(-c2ccccc2)n1-c1ccccc1. The fraction of sp³-hybridized carbons (Fsp3) is 0. The topological polar surface area (TPSA) is 72.2 Å². The molecule has 4 rings (SSSR count). The van der Waals surface area contributed by atoms with Gasteiger partial charge in [-0.05, 0) is 36.4 Å². The van der Waals surface area contributed by atoms with Gasteiger partial charge in [-0.1, -0.05) is 60.1 Å². The van der Waals surface area contributed by atoms with E-state index < -0.39 is 22.2 Å². The van der Waals surface area contributed by atoms with Crippen LogP contribution in [0.1, 0.15) is 0 Å². The van der Waals surface area contributed by atoms with E-state index in [9.17, 15) is 14.1 Å². The molecule has 144 valence electrons. The van der Waals surface area contributed by atoms with Crippen molar-refractivity contribution in [3.8, 4) is 23.0 Å². The van der Waals surface area contributed by atoms with Crippen molar-refractivity contribution in [2.24, 2.45) is 0 Å². The first-order valence-electron chi connectivity index (χ1n) is 8.70. The van der Waals surface area contributed by atoms with Gasteiger partial charge in [-0.2, -0.15) is 4.98 Å². The number of aromatic hydroxyl groups is 1. The van der Waals surface area contributed by atoms with E-state index in [1.54, 1.807) is 60.7 Å². The molecule has 0 spiro atoms. The highest BCUT2D eigenvalue weighted by molar-refractivity contribution is 7.85. The minimum atomic E-state index is -1.93. The molecule has 1 atom stereocenters. The smallest absolute Gasteiger partial charge is 0.278 e. The van der Waals surface area contributed by atoms with E-state index in [2.05, 4.69) is 4.98 Å². The van der Waals surface area contributed by atoms with Crippen LogP contribution in [0.2, 0.25) is 5.02 Å². The molecule has 0 fully saturated rings. The molecule has 1 unspecified atom stereocenters. The number of halogens is 1. The molecule has 1 aromatic heterocycles. The van der Waals surface area contributed by atoms with Crippen LogP contribution in [-0.4, -0.2) is 18.9 Å². The summed E-state index contributed by atoms with van der Waals surface area (Å²) in [5.74, 6) is -0.300. The Labute approximate surface area is 174 Å². The van der Waals surface area contributed by atoms with E-state index in [1.807, 2.05) is 24.3 Å². The number of rotatable bonds is 4. The molecule has 0 bridgehead atoms. The van der Waals surface area contributed by atoms with Crippen LogP contribution < -0.4 is 5.56 Å². The lowest BCUT2D eigenvalue weighted by molar-refractivity contribution is 0.433. The Morgan fingerprint density at radius 2 is 1.45 bits per heavy atom. The van der Waals surface area contributed by atoms with Gasteiger partial charge < -0.3 is 5.11 Å². The first kappa shape index (κ1) is 19.1. The van der Waals surface area contributed by atoms with E-state index in [0.717, 1.165) is 0 Å². The standard InChI is InChI=1S/C22H15ClN2O3S/c23-16-11-13-18(14-12-16)29(28)19-21(26)24-20(15-7-3-1-4-8-15)25(22(19)27)17-9-5-2-6-10-17/h1-14,26H. The lowest BCUT2D eigenvalue weighted by Crippen LogP contribution is -2.26. The third-order valence-corrected chi connectivity index (χ3v) is 5.96. The Bertz CT molecular complexity index is 1240. The van der Waals surface area contributed by atoms with Crippen LogP contribution >= 0.6 is 11.6 Å². The van der Waals surface area contributed by atoms with E-state index >= 15 is 0 Å². The van der Waals surface area contributed by atoms with Crippen molar-refractivity contribution < 1.29 is 9.32 Å². The molecule has 0 aliphatic carbocycles. The summed E-state index contributed by atoms with van der Waals surface area (Å²) in [6.45, 7) is 0. The van der Waals surface area contributed by atoms with Crippen LogP contribution in [0.25, 0.3) is 17.1 Å². The Kier molecular flexibility index (Phi) is 5.29. The van der Waals surface area contributed by atoms with Crippen LogP contribution in [0.4, 0.5) is 0 Å². The summed E-state index contributed by atoms with van der Waals surface area (Å²) >= 11 is 5.89. The van der Waals surface area contributed by atoms with Gasteiger partial charge in [0.1, 0.15) is 0 Å². The summed E-state index contributed by atoms with van der Waals surface area (Å²) in [6.07, 6.45) is 0. The lowest BCUT2D eigenvalue weighted by Gasteiger charge is -2.15. The van der Waals surface area contributed by atoms with Gasteiger partial charge in [0.2, 0.25) is 5.88 Å². The van der Waals surface area contributed by atoms with Gasteiger partial charge in [0.25, 0.3) is 5.56 Å². The minimum Gasteiger partial charge on any atom is -0.492 e. The van der Waals surface area contributed by atoms with Gasteiger partial charge in [0.15, 0.2) is 10.7 Å². The number of aromatic nitrogens is 2. The zero-order chi connectivity index (χ0) is 20.4. The zero-order valence-corrected chi connectivity index (χ0v) is 16.6. The highest BCUT2D eigenvalue weighted by atomic mass is 35.5. The lowest BCUT2D eigenvalue weighted by atomic mass is 10.2. The molecule has 0 radical (unpaired) electrons. The molecule has 0 saturated heterocycles. The Morgan fingerprint density at radius 1 is 0.862 bits per heavy atom. The van der Waals surface area contributed by atoms with Gasteiger partial charge >= 0.3 is 0 Å². The predicted octanol–water partition coefficient (Wildman–Crippen LogP) is 4.43. The highest BCUT2D eigenvalue weighted by Crippen LogP contribution is 2.27. The molecule has 3 aromatic carbocycles. The van der Waals surface area contributed by atoms with Crippen LogP contribution in [-0.2, 0) is 10.8 Å². The van der Waals surface area contributed by atoms with Crippen molar-refractivity contribution in [2.75, 3.05) is 0 Å².